The van der Waals surface area contributed by atoms with Gasteiger partial charge in [-0.15, -0.1) is 0 Å². The number of hydrogen-bond donors (Lipinski definition) is 2. The molecule has 0 saturated carbocycles. The molecule has 25 heavy (non-hydrogen) atoms. The van der Waals surface area contributed by atoms with E-state index in [4.69, 9.17) is 16.3 Å². The Labute approximate surface area is 147 Å². The molecule has 0 unspecified atom stereocenters. The van der Waals surface area contributed by atoms with E-state index >= 15 is 0 Å². The topological polar surface area (TPSA) is 84.5 Å². The Bertz CT molecular complexity index is 826. The summed E-state index contributed by atoms with van der Waals surface area (Å²) in [5.74, 6) is -2.27. The summed E-state index contributed by atoms with van der Waals surface area (Å²) in [6.07, 6.45) is 0. The van der Waals surface area contributed by atoms with Crippen LogP contribution in [0.1, 0.15) is 17.3 Å². The number of benzene rings is 2. The van der Waals surface area contributed by atoms with Crippen molar-refractivity contribution in [1.82, 2.24) is 0 Å². The van der Waals surface area contributed by atoms with Gasteiger partial charge >= 0.3 is 5.97 Å². The van der Waals surface area contributed by atoms with Crippen LogP contribution in [0, 0.1) is 5.82 Å². The van der Waals surface area contributed by atoms with Gasteiger partial charge in [0, 0.05) is 18.3 Å². The summed E-state index contributed by atoms with van der Waals surface area (Å²) >= 11 is 5.59. The van der Waals surface area contributed by atoms with Crippen molar-refractivity contribution in [1.29, 1.82) is 0 Å². The van der Waals surface area contributed by atoms with Crippen molar-refractivity contribution in [3.8, 4) is 0 Å². The molecule has 0 aliphatic heterocycles. The van der Waals surface area contributed by atoms with E-state index in [2.05, 4.69) is 10.6 Å². The number of rotatable bonds is 5. The second-order valence-electron chi connectivity index (χ2n) is 5.02. The zero-order chi connectivity index (χ0) is 18.4. The first-order valence-corrected chi connectivity index (χ1v) is 7.52. The first-order valence-electron chi connectivity index (χ1n) is 7.15. The Balaban J connectivity index is 1.91. The monoisotopic (exact) mass is 364 g/mol. The summed E-state index contributed by atoms with van der Waals surface area (Å²) < 4.78 is 17.9. The largest absolute Gasteiger partial charge is 0.452 e. The van der Waals surface area contributed by atoms with Crippen molar-refractivity contribution in [3.63, 3.8) is 0 Å². The average Bonchev–Trinajstić information content (AvgIpc) is 2.55. The average molecular weight is 365 g/mol. The van der Waals surface area contributed by atoms with Crippen LogP contribution in [0.25, 0.3) is 0 Å². The van der Waals surface area contributed by atoms with Crippen molar-refractivity contribution >= 4 is 40.8 Å². The minimum atomic E-state index is -0.802. The van der Waals surface area contributed by atoms with Crippen LogP contribution >= 0.6 is 11.6 Å². The van der Waals surface area contributed by atoms with Gasteiger partial charge in [-0.25, -0.2) is 9.18 Å². The number of amides is 2. The van der Waals surface area contributed by atoms with Crippen molar-refractivity contribution in [3.05, 3.63) is 58.9 Å². The van der Waals surface area contributed by atoms with E-state index in [0.717, 1.165) is 12.1 Å². The fourth-order valence-corrected chi connectivity index (χ4v) is 2.09. The van der Waals surface area contributed by atoms with Gasteiger partial charge in [0.15, 0.2) is 6.61 Å². The maximum Gasteiger partial charge on any atom is 0.338 e. The van der Waals surface area contributed by atoms with Crippen molar-refractivity contribution in [2.75, 3.05) is 17.2 Å². The van der Waals surface area contributed by atoms with Gasteiger partial charge in [-0.2, -0.15) is 0 Å². The molecular weight excluding hydrogens is 351 g/mol. The fourth-order valence-electron chi connectivity index (χ4n) is 1.91. The summed E-state index contributed by atoms with van der Waals surface area (Å²) in [5, 5.41) is 4.90. The van der Waals surface area contributed by atoms with E-state index in [0.29, 0.717) is 11.4 Å². The number of esters is 1. The smallest absolute Gasteiger partial charge is 0.338 e. The van der Waals surface area contributed by atoms with E-state index in [-0.39, 0.29) is 16.5 Å². The molecular formula is C17H14ClFN2O4. The summed E-state index contributed by atoms with van der Waals surface area (Å²) in [4.78, 5) is 34.7. The Morgan fingerprint density at radius 1 is 1.08 bits per heavy atom. The van der Waals surface area contributed by atoms with Gasteiger partial charge < -0.3 is 15.4 Å². The van der Waals surface area contributed by atoms with E-state index in [1.807, 2.05) is 0 Å². The zero-order valence-corrected chi connectivity index (χ0v) is 13.9. The number of carbonyl (C=O) groups excluding carboxylic acids is 3. The minimum absolute atomic E-state index is 0.0341. The molecule has 2 amide bonds. The highest BCUT2D eigenvalue weighted by molar-refractivity contribution is 6.31. The number of hydrogen-bond acceptors (Lipinski definition) is 4. The molecule has 0 aromatic heterocycles. The predicted octanol–water partition coefficient (Wildman–Crippen LogP) is 3.23. The Hall–Kier alpha value is -2.93. The SMILES string of the molecule is CC(=O)Nc1cccc(NC(=O)COC(=O)c2ccc(F)c(Cl)c2)c1. The van der Waals surface area contributed by atoms with Crippen LogP contribution < -0.4 is 10.6 Å². The molecule has 2 rings (SSSR count). The van der Waals surface area contributed by atoms with Gasteiger partial charge in [-0.3, -0.25) is 9.59 Å². The van der Waals surface area contributed by atoms with Gasteiger partial charge in [0.05, 0.1) is 10.6 Å². The molecule has 0 bridgehead atoms. The number of nitrogens with one attached hydrogen (secondary N) is 2. The first-order chi connectivity index (χ1) is 11.8. The third kappa shape index (κ3) is 5.58. The number of anilines is 2. The highest BCUT2D eigenvalue weighted by Gasteiger charge is 2.12. The third-order valence-corrected chi connectivity index (χ3v) is 3.25. The number of carbonyl (C=O) groups is 3. The van der Waals surface area contributed by atoms with E-state index in [1.165, 1.54) is 13.0 Å². The van der Waals surface area contributed by atoms with Gasteiger partial charge in [0.25, 0.3) is 5.91 Å². The standard InChI is InChI=1S/C17H14ClFN2O4/c1-10(22)20-12-3-2-4-13(8-12)21-16(23)9-25-17(24)11-5-6-15(19)14(18)7-11/h2-8H,9H2,1H3,(H,20,22)(H,21,23). The lowest BCUT2D eigenvalue weighted by Crippen LogP contribution is -2.21. The zero-order valence-electron chi connectivity index (χ0n) is 13.1. The lowest BCUT2D eigenvalue weighted by Gasteiger charge is -2.08. The van der Waals surface area contributed by atoms with Gasteiger partial charge in [0.2, 0.25) is 5.91 Å². The second kappa shape index (κ2) is 8.25. The van der Waals surface area contributed by atoms with E-state index in [9.17, 15) is 18.8 Å². The van der Waals surface area contributed by atoms with Crippen LogP contribution in [0.3, 0.4) is 0 Å². The number of halogens is 2. The molecule has 0 radical (unpaired) electrons. The predicted molar refractivity (Wildman–Crippen MR) is 91.1 cm³/mol. The fraction of sp³-hybridized carbons (Fsp3) is 0.118. The van der Waals surface area contributed by atoms with Crippen molar-refractivity contribution < 1.29 is 23.5 Å². The van der Waals surface area contributed by atoms with Crippen LogP contribution in [-0.4, -0.2) is 24.4 Å². The van der Waals surface area contributed by atoms with Gasteiger partial charge in [-0.1, -0.05) is 17.7 Å². The second-order valence-corrected chi connectivity index (χ2v) is 5.42. The van der Waals surface area contributed by atoms with Gasteiger partial charge in [-0.05, 0) is 36.4 Å². The summed E-state index contributed by atoms with van der Waals surface area (Å²) in [6.45, 7) is 0.838. The Morgan fingerprint density at radius 3 is 2.40 bits per heavy atom. The number of ether oxygens (including phenoxy) is 1. The molecule has 6 nitrogen and oxygen atoms in total. The van der Waals surface area contributed by atoms with Crippen LogP contribution in [0.15, 0.2) is 42.5 Å². The first kappa shape index (κ1) is 18.4. The third-order valence-electron chi connectivity index (χ3n) is 2.96. The summed E-state index contributed by atoms with van der Waals surface area (Å²) in [6, 6.07) is 9.84. The lowest BCUT2D eigenvalue weighted by molar-refractivity contribution is -0.119. The maximum atomic E-state index is 13.1. The Morgan fingerprint density at radius 2 is 1.76 bits per heavy atom. The molecule has 0 atom stereocenters. The molecule has 0 heterocycles. The quantitative estimate of drug-likeness (QED) is 0.798. The highest BCUT2D eigenvalue weighted by atomic mass is 35.5. The maximum absolute atomic E-state index is 13.1. The highest BCUT2D eigenvalue weighted by Crippen LogP contribution is 2.17. The minimum Gasteiger partial charge on any atom is -0.452 e. The molecule has 2 aromatic carbocycles. The normalized spacial score (nSPS) is 10.0. The van der Waals surface area contributed by atoms with Crippen LogP contribution in [-0.2, 0) is 14.3 Å². The molecule has 2 N–H and O–H groups in total. The van der Waals surface area contributed by atoms with Crippen molar-refractivity contribution in [2.24, 2.45) is 0 Å². The molecule has 0 saturated heterocycles. The molecule has 0 spiro atoms. The van der Waals surface area contributed by atoms with E-state index in [1.54, 1.807) is 24.3 Å². The molecule has 0 aliphatic rings. The molecule has 8 heteroatoms. The molecule has 130 valence electrons. The van der Waals surface area contributed by atoms with Crippen LogP contribution in [0.4, 0.5) is 15.8 Å². The lowest BCUT2D eigenvalue weighted by atomic mass is 10.2. The van der Waals surface area contributed by atoms with Crippen LogP contribution in [0.2, 0.25) is 5.02 Å². The molecule has 0 fully saturated rings. The Kier molecular flexibility index (Phi) is 6.08. The van der Waals surface area contributed by atoms with Crippen molar-refractivity contribution in [2.45, 2.75) is 6.92 Å². The summed E-state index contributed by atoms with van der Waals surface area (Å²) in [5.41, 5.74) is 0.979. The summed E-state index contributed by atoms with van der Waals surface area (Å²) in [7, 11) is 0. The van der Waals surface area contributed by atoms with Crippen LogP contribution in [0.5, 0.6) is 0 Å². The molecule has 0 aliphatic carbocycles. The van der Waals surface area contributed by atoms with E-state index < -0.39 is 24.3 Å². The van der Waals surface area contributed by atoms with Gasteiger partial charge in [0.1, 0.15) is 5.82 Å². The molecule has 2 aromatic rings.